The molecule has 1 heterocycles. The SMILES string of the molecule is CC1OC(CCC(C(=O)O)C(=O)O)C(O)C(O)C1O. The molecule has 8 heteroatoms. The molecular formula is C11H18O8. The minimum atomic E-state index is -1.59. The molecule has 1 aliphatic heterocycles. The first kappa shape index (κ1) is 15.8. The summed E-state index contributed by atoms with van der Waals surface area (Å²) in [5.41, 5.74) is 0. The van der Waals surface area contributed by atoms with E-state index in [0.717, 1.165) is 0 Å². The molecule has 0 aromatic carbocycles. The van der Waals surface area contributed by atoms with Crippen LogP contribution in [0, 0.1) is 5.92 Å². The van der Waals surface area contributed by atoms with Crippen LogP contribution in [0.5, 0.6) is 0 Å². The van der Waals surface area contributed by atoms with Gasteiger partial charge in [0.1, 0.15) is 18.3 Å². The van der Waals surface area contributed by atoms with E-state index in [2.05, 4.69) is 0 Å². The molecule has 8 nitrogen and oxygen atoms in total. The molecule has 0 radical (unpaired) electrons. The third-order valence-electron chi connectivity index (χ3n) is 3.29. The zero-order chi connectivity index (χ0) is 14.7. The molecule has 5 unspecified atom stereocenters. The minimum Gasteiger partial charge on any atom is -0.481 e. The Labute approximate surface area is 109 Å². The zero-order valence-electron chi connectivity index (χ0n) is 10.3. The highest BCUT2D eigenvalue weighted by molar-refractivity contribution is 5.92. The molecule has 5 N–H and O–H groups in total. The van der Waals surface area contributed by atoms with Gasteiger partial charge >= 0.3 is 11.9 Å². The fourth-order valence-electron chi connectivity index (χ4n) is 2.06. The van der Waals surface area contributed by atoms with Crippen molar-refractivity contribution in [1.29, 1.82) is 0 Å². The first-order valence-electron chi connectivity index (χ1n) is 5.91. The fraction of sp³-hybridized carbons (Fsp3) is 0.818. The quantitative estimate of drug-likeness (QED) is 0.379. The lowest BCUT2D eigenvalue weighted by molar-refractivity contribution is -0.219. The van der Waals surface area contributed by atoms with Gasteiger partial charge in [0.05, 0.1) is 12.2 Å². The van der Waals surface area contributed by atoms with Crippen LogP contribution in [-0.2, 0) is 14.3 Å². The van der Waals surface area contributed by atoms with Gasteiger partial charge in [-0.1, -0.05) is 0 Å². The van der Waals surface area contributed by atoms with Gasteiger partial charge in [0.15, 0.2) is 5.92 Å². The monoisotopic (exact) mass is 278 g/mol. The van der Waals surface area contributed by atoms with Crippen LogP contribution in [0.15, 0.2) is 0 Å². The molecule has 0 amide bonds. The minimum absolute atomic E-state index is 0.0431. The third kappa shape index (κ3) is 3.63. The highest BCUT2D eigenvalue weighted by Gasteiger charge is 2.42. The van der Waals surface area contributed by atoms with Crippen molar-refractivity contribution in [2.24, 2.45) is 5.92 Å². The molecule has 0 spiro atoms. The Morgan fingerprint density at radius 2 is 1.58 bits per heavy atom. The number of rotatable bonds is 5. The number of hydrogen-bond donors (Lipinski definition) is 5. The molecular weight excluding hydrogens is 260 g/mol. The van der Waals surface area contributed by atoms with E-state index in [1.807, 2.05) is 0 Å². The van der Waals surface area contributed by atoms with Gasteiger partial charge in [0.25, 0.3) is 0 Å². The van der Waals surface area contributed by atoms with Crippen molar-refractivity contribution in [1.82, 2.24) is 0 Å². The Morgan fingerprint density at radius 3 is 2.05 bits per heavy atom. The van der Waals surface area contributed by atoms with E-state index in [-0.39, 0.29) is 12.8 Å². The summed E-state index contributed by atoms with van der Waals surface area (Å²) < 4.78 is 5.25. The second-order valence-corrected chi connectivity index (χ2v) is 4.66. The Morgan fingerprint density at radius 1 is 1.05 bits per heavy atom. The second kappa shape index (κ2) is 6.29. The Hall–Kier alpha value is -1.22. The van der Waals surface area contributed by atoms with Gasteiger partial charge in [-0.3, -0.25) is 9.59 Å². The molecule has 19 heavy (non-hydrogen) atoms. The van der Waals surface area contributed by atoms with E-state index in [0.29, 0.717) is 0 Å². The van der Waals surface area contributed by atoms with E-state index in [1.54, 1.807) is 0 Å². The van der Waals surface area contributed by atoms with Crippen LogP contribution in [0.25, 0.3) is 0 Å². The predicted molar refractivity (Wildman–Crippen MR) is 60.4 cm³/mol. The number of ether oxygens (including phenoxy) is 1. The van der Waals surface area contributed by atoms with Crippen LogP contribution >= 0.6 is 0 Å². The molecule has 0 saturated carbocycles. The smallest absolute Gasteiger partial charge is 0.317 e. The average molecular weight is 278 g/mol. The van der Waals surface area contributed by atoms with Crippen LogP contribution < -0.4 is 0 Å². The highest BCUT2D eigenvalue weighted by atomic mass is 16.5. The maximum absolute atomic E-state index is 10.7. The lowest BCUT2D eigenvalue weighted by Crippen LogP contribution is -2.56. The molecule has 1 saturated heterocycles. The van der Waals surface area contributed by atoms with Gasteiger partial charge < -0.3 is 30.3 Å². The summed E-state index contributed by atoms with van der Waals surface area (Å²) in [6.07, 6.45) is -5.93. The van der Waals surface area contributed by atoms with Crippen molar-refractivity contribution in [2.75, 3.05) is 0 Å². The van der Waals surface area contributed by atoms with Crippen LogP contribution in [0.1, 0.15) is 19.8 Å². The molecule has 0 aliphatic carbocycles. The average Bonchev–Trinajstić information content (AvgIpc) is 2.32. The lowest BCUT2D eigenvalue weighted by Gasteiger charge is -2.39. The van der Waals surface area contributed by atoms with Gasteiger partial charge in [-0.15, -0.1) is 0 Å². The molecule has 1 fully saturated rings. The summed E-state index contributed by atoms with van der Waals surface area (Å²) in [4.78, 5) is 21.4. The summed E-state index contributed by atoms with van der Waals surface area (Å²) in [6.45, 7) is 1.50. The molecule has 5 atom stereocenters. The Bertz CT molecular complexity index is 330. The number of carboxylic acids is 2. The largest absolute Gasteiger partial charge is 0.481 e. The molecule has 1 rings (SSSR count). The van der Waals surface area contributed by atoms with Crippen molar-refractivity contribution in [3.63, 3.8) is 0 Å². The summed E-state index contributed by atoms with van der Waals surface area (Å²) in [7, 11) is 0. The van der Waals surface area contributed by atoms with Crippen molar-refractivity contribution in [3.05, 3.63) is 0 Å². The van der Waals surface area contributed by atoms with Crippen LogP contribution in [0.3, 0.4) is 0 Å². The molecule has 0 aromatic rings. The number of aliphatic hydroxyl groups excluding tert-OH is 3. The summed E-state index contributed by atoms with van der Waals surface area (Å²) >= 11 is 0. The summed E-state index contributed by atoms with van der Waals surface area (Å²) in [5, 5.41) is 46.1. The Kier molecular flexibility index (Phi) is 5.24. The van der Waals surface area contributed by atoms with E-state index in [9.17, 15) is 24.9 Å². The first-order chi connectivity index (χ1) is 8.75. The zero-order valence-corrected chi connectivity index (χ0v) is 10.3. The number of hydrogen-bond acceptors (Lipinski definition) is 6. The fourth-order valence-corrected chi connectivity index (χ4v) is 2.06. The van der Waals surface area contributed by atoms with Crippen molar-refractivity contribution in [2.45, 2.75) is 50.3 Å². The highest BCUT2D eigenvalue weighted by Crippen LogP contribution is 2.25. The maximum atomic E-state index is 10.7. The van der Waals surface area contributed by atoms with Crippen LogP contribution in [0.4, 0.5) is 0 Å². The summed E-state index contributed by atoms with van der Waals surface area (Å²) in [6, 6.07) is 0. The van der Waals surface area contributed by atoms with Gasteiger partial charge in [0.2, 0.25) is 0 Å². The Balaban J connectivity index is 2.61. The van der Waals surface area contributed by atoms with Gasteiger partial charge in [-0.2, -0.15) is 0 Å². The van der Waals surface area contributed by atoms with Crippen LogP contribution in [0.2, 0.25) is 0 Å². The van der Waals surface area contributed by atoms with E-state index < -0.39 is 48.4 Å². The topological polar surface area (TPSA) is 145 Å². The van der Waals surface area contributed by atoms with Gasteiger partial charge in [-0.05, 0) is 19.8 Å². The van der Waals surface area contributed by atoms with Gasteiger partial charge in [0, 0.05) is 0 Å². The normalized spacial score (nSPS) is 35.3. The maximum Gasteiger partial charge on any atom is 0.317 e. The van der Waals surface area contributed by atoms with E-state index in [4.69, 9.17) is 14.9 Å². The predicted octanol–water partition coefficient (Wildman–Crippen LogP) is -1.58. The van der Waals surface area contributed by atoms with Gasteiger partial charge in [-0.25, -0.2) is 0 Å². The number of aliphatic hydroxyl groups is 3. The molecule has 0 bridgehead atoms. The van der Waals surface area contributed by atoms with Crippen molar-refractivity contribution < 1.29 is 39.9 Å². The van der Waals surface area contributed by atoms with Crippen molar-refractivity contribution >= 4 is 11.9 Å². The lowest BCUT2D eigenvalue weighted by atomic mass is 9.91. The van der Waals surface area contributed by atoms with E-state index in [1.165, 1.54) is 6.92 Å². The van der Waals surface area contributed by atoms with Crippen LogP contribution in [-0.4, -0.2) is 68.0 Å². The number of carbonyl (C=O) groups is 2. The number of carboxylic acid groups (broad SMARTS) is 2. The molecule has 0 aromatic heterocycles. The second-order valence-electron chi connectivity index (χ2n) is 4.66. The van der Waals surface area contributed by atoms with Crippen molar-refractivity contribution in [3.8, 4) is 0 Å². The standard InChI is InChI=1S/C11H18O8/c1-4-7(12)9(14)8(13)6(19-4)3-2-5(10(15)16)11(17)18/h4-9,12-14H,2-3H2,1H3,(H,15,16)(H,17,18). The summed E-state index contributed by atoms with van der Waals surface area (Å²) in [5.74, 6) is -4.52. The van der Waals surface area contributed by atoms with E-state index >= 15 is 0 Å². The number of aliphatic carboxylic acids is 2. The molecule has 1 aliphatic rings. The third-order valence-corrected chi connectivity index (χ3v) is 3.29. The first-order valence-corrected chi connectivity index (χ1v) is 5.91. The molecule has 110 valence electrons.